The van der Waals surface area contributed by atoms with Gasteiger partial charge in [-0.2, -0.15) is 0 Å². The fraction of sp³-hybridized carbons (Fsp3) is 0.174. The molecular weight excluding hydrogens is 306 g/mol. The summed E-state index contributed by atoms with van der Waals surface area (Å²) in [4.78, 5) is 4.84. The summed E-state index contributed by atoms with van der Waals surface area (Å²) in [6.45, 7) is 4.39. The Kier molecular flexibility index (Phi) is 4.10. The Hall–Kier alpha value is -2.87. The van der Waals surface area contributed by atoms with Gasteiger partial charge in [-0.3, -0.25) is 0 Å². The average Bonchev–Trinajstić information content (AvgIpc) is 3.06. The van der Waals surface area contributed by atoms with Gasteiger partial charge in [-0.25, -0.2) is 4.98 Å². The van der Waals surface area contributed by atoms with E-state index in [1.807, 2.05) is 18.2 Å². The lowest BCUT2D eigenvalue weighted by molar-refractivity contribution is 0.522. The Balaban J connectivity index is 1.86. The van der Waals surface area contributed by atoms with E-state index < -0.39 is 0 Å². The monoisotopic (exact) mass is 327 g/mol. The first kappa shape index (κ1) is 15.6. The second-order valence-corrected chi connectivity index (χ2v) is 6.69. The standard InChI is InChI=1S/C23H21NO/c1-16(2)19-13-14-21-20(15-19)24-23(25-21)22(17-9-5-3-6-10-17)18-11-7-4-8-12-18/h3-16,22H,1-2H3. The summed E-state index contributed by atoms with van der Waals surface area (Å²) < 4.78 is 6.16. The highest BCUT2D eigenvalue weighted by Gasteiger charge is 2.22. The highest BCUT2D eigenvalue weighted by Crippen LogP contribution is 2.33. The summed E-state index contributed by atoms with van der Waals surface area (Å²) in [7, 11) is 0. The zero-order chi connectivity index (χ0) is 17.2. The first-order chi connectivity index (χ1) is 12.2. The highest BCUT2D eigenvalue weighted by molar-refractivity contribution is 5.74. The van der Waals surface area contributed by atoms with Gasteiger partial charge in [0.25, 0.3) is 0 Å². The van der Waals surface area contributed by atoms with Crippen molar-refractivity contribution in [1.82, 2.24) is 4.98 Å². The van der Waals surface area contributed by atoms with Crippen LogP contribution in [0.5, 0.6) is 0 Å². The molecule has 0 aliphatic carbocycles. The summed E-state index contributed by atoms with van der Waals surface area (Å²) >= 11 is 0. The van der Waals surface area contributed by atoms with Crippen LogP contribution in [-0.4, -0.2) is 4.98 Å². The van der Waals surface area contributed by atoms with Crippen molar-refractivity contribution >= 4 is 11.1 Å². The van der Waals surface area contributed by atoms with Crippen molar-refractivity contribution in [3.05, 3.63) is 101 Å². The third-order valence-electron chi connectivity index (χ3n) is 4.61. The van der Waals surface area contributed by atoms with Crippen LogP contribution >= 0.6 is 0 Å². The minimum atomic E-state index is -0.00250. The molecule has 4 rings (SSSR count). The second kappa shape index (κ2) is 6.56. The Morgan fingerprint density at radius 2 is 1.32 bits per heavy atom. The van der Waals surface area contributed by atoms with E-state index in [1.165, 1.54) is 16.7 Å². The van der Waals surface area contributed by atoms with E-state index in [0.717, 1.165) is 17.0 Å². The third-order valence-corrected chi connectivity index (χ3v) is 4.61. The molecule has 4 aromatic rings. The molecule has 1 aromatic heterocycles. The smallest absolute Gasteiger partial charge is 0.207 e. The molecule has 0 atom stereocenters. The number of nitrogens with zero attached hydrogens (tertiary/aromatic N) is 1. The van der Waals surface area contributed by atoms with E-state index >= 15 is 0 Å². The van der Waals surface area contributed by atoms with Gasteiger partial charge in [0.15, 0.2) is 5.58 Å². The van der Waals surface area contributed by atoms with Crippen LogP contribution in [0.25, 0.3) is 11.1 Å². The average molecular weight is 327 g/mol. The molecule has 2 heteroatoms. The van der Waals surface area contributed by atoms with Crippen molar-refractivity contribution in [1.29, 1.82) is 0 Å². The molecular formula is C23H21NO. The molecule has 0 saturated carbocycles. The van der Waals surface area contributed by atoms with Crippen LogP contribution in [0.15, 0.2) is 83.3 Å². The molecule has 2 nitrogen and oxygen atoms in total. The van der Waals surface area contributed by atoms with Crippen molar-refractivity contribution in [2.45, 2.75) is 25.7 Å². The van der Waals surface area contributed by atoms with Gasteiger partial charge in [0.1, 0.15) is 5.52 Å². The Bertz CT molecular complexity index is 931. The van der Waals surface area contributed by atoms with Crippen molar-refractivity contribution < 1.29 is 4.42 Å². The number of fused-ring (bicyclic) bond motifs is 1. The Morgan fingerprint density at radius 1 is 0.720 bits per heavy atom. The van der Waals surface area contributed by atoms with Gasteiger partial charge < -0.3 is 4.42 Å². The second-order valence-electron chi connectivity index (χ2n) is 6.69. The maximum atomic E-state index is 6.16. The minimum Gasteiger partial charge on any atom is -0.440 e. The molecule has 124 valence electrons. The molecule has 0 fully saturated rings. The third kappa shape index (κ3) is 3.08. The van der Waals surface area contributed by atoms with Crippen molar-refractivity contribution in [2.24, 2.45) is 0 Å². The number of oxazole rings is 1. The maximum Gasteiger partial charge on any atom is 0.207 e. The maximum absolute atomic E-state index is 6.16. The molecule has 1 heterocycles. The lowest BCUT2D eigenvalue weighted by Crippen LogP contribution is -2.03. The van der Waals surface area contributed by atoms with E-state index in [2.05, 4.69) is 74.5 Å². The lowest BCUT2D eigenvalue weighted by atomic mass is 9.91. The molecule has 0 saturated heterocycles. The van der Waals surface area contributed by atoms with Gasteiger partial charge in [0.2, 0.25) is 5.89 Å². The van der Waals surface area contributed by atoms with E-state index in [4.69, 9.17) is 9.40 Å². The molecule has 0 unspecified atom stereocenters. The van der Waals surface area contributed by atoms with Crippen LogP contribution in [-0.2, 0) is 0 Å². The van der Waals surface area contributed by atoms with Crippen LogP contribution in [0, 0.1) is 0 Å². The lowest BCUT2D eigenvalue weighted by Gasteiger charge is -2.14. The first-order valence-corrected chi connectivity index (χ1v) is 8.72. The molecule has 0 aliphatic heterocycles. The van der Waals surface area contributed by atoms with E-state index in [1.54, 1.807) is 0 Å². The largest absolute Gasteiger partial charge is 0.440 e. The number of rotatable bonds is 4. The fourth-order valence-corrected chi connectivity index (χ4v) is 3.21. The van der Waals surface area contributed by atoms with E-state index in [0.29, 0.717) is 5.92 Å². The van der Waals surface area contributed by atoms with Crippen LogP contribution in [0.4, 0.5) is 0 Å². The SMILES string of the molecule is CC(C)c1ccc2oc(C(c3ccccc3)c3ccccc3)nc2c1. The normalized spacial score (nSPS) is 11.5. The van der Waals surface area contributed by atoms with Gasteiger partial charge in [-0.05, 0) is 34.7 Å². The highest BCUT2D eigenvalue weighted by atomic mass is 16.3. The van der Waals surface area contributed by atoms with Crippen LogP contribution in [0.3, 0.4) is 0 Å². The molecule has 0 spiro atoms. The summed E-state index contributed by atoms with van der Waals surface area (Å²) in [5.41, 5.74) is 5.42. The summed E-state index contributed by atoms with van der Waals surface area (Å²) in [6.07, 6.45) is 0. The predicted molar refractivity (Wildman–Crippen MR) is 102 cm³/mol. The van der Waals surface area contributed by atoms with Gasteiger partial charge in [-0.15, -0.1) is 0 Å². The summed E-state index contributed by atoms with van der Waals surface area (Å²) in [5.74, 6) is 1.22. The van der Waals surface area contributed by atoms with Crippen LogP contribution < -0.4 is 0 Å². The number of hydrogen-bond donors (Lipinski definition) is 0. The molecule has 0 radical (unpaired) electrons. The van der Waals surface area contributed by atoms with Gasteiger partial charge in [0, 0.05) is 0 Å². The molecule has 25 heavy (non-hydrogen) atoms. The number of hydrogen-bond acceptors (Lipinski definition) is 2. The van der Waals surface area contributed by atoms with E-state index in [-0.39, 0.29) is 5.92 Å². The van der Waals surface area contributed by atoms with Gasteiger partial charge >= 0.3 is 0 Å². The topological polar surface area (TPSA) is 26.0 Å². The van der Waals surface area contributed by atoms with Crippen molar-refractivity contribution in [2.75, 3.05) is 0 Å². The predicted octanol–water partition coefficient (Wildman–Crippen LogP) is 6.13. The Morgan fingerprint density at radius 3 is 1.88 bits per heavy atom. The molecule has 0 bridgehead atoms. The summed E-state index contributed by atoms with van der Waals surface area (Å²) in [6, 6.07) is 27.1. The number of benzene rings is 3. The van der Waals surface area contributed by atoms with Crippen molar-refractivity contribution in [3.63, 3.8) is 0 Å². The zero-order valence-electron chi connectivity index (χ0n) is 14.5. The summed E-state index contributed by atoms with van der Waals surface area (Å²) in [5, 5.41) is 0. The van der Waals surface area contributed by atoms with Gasteiger partial charge in [0.05, 0.1) is 5.92 Å². The van der Waals surface area contributed by atoms with E-state index in [9.17, 15) is 0 Å². The number of aromatic nitrogens is 1. The minimum absolute atomic E-state index is 0.00250. The molecule has 3 aromatic carbocycles. The Labute approximate surface area is 148 Å². The quantitative estimate of drug-likeness (QED) is 0.450. The first-order valence-electron chi connectivity index (χ1n) is 8.72. The van der Waals surface area contributed by atoms with Crippen molar-refractivity contribution in [3.8, 4) is 0 Å². The van der Waals surface area contributed by atoms with Crippen LogP contribution in [0.1, 0.15) is 48.3 Å². The van der Waals surface area contributed by atoms with Gasteiger partial charge in [-0.1, -0.05) is 80.6 Å². The molecule has 0 aliphatic rings. The molecule has 0 amide bonds. The van der Waals surface area contributed by atoms with Crippen LogP contribution in [0.2, 0.25) is 0 Å². The molecule has 0 N–H and O–H groups in total. The fourth-order valence-electron chi connectivity index (χ4n) is 3.21. The zero-order valence-corrected chi connectivity index (χ0v) is 14.5.